The van der Waals surface area contributed by atoms with Crippen LogP contribution in [0.25, 0.3) is 0 Å². The molecular weight excluding hydrogens is 220 g/mol. The monoisotopic (exact) mass is 246 g/mol. The van der Waals surface area contributed by atoms with Crippen LogP contribution in [0.3, 0.4) is 0 Å². The Kier molecular flexibility index (Phi) is 4.28. The van der Waals surface area contributed by atoms with E-state index in [1.807, 2.05) is 0 Å². The summed E-state index contributed by atoms with van der Waals surface area (Å²) in [7, 11) is 2.25. The van der Waals surface area contributed by atoms with Crippen LogP contribution in [-0.2, 0) is 6.54 Å². The van der Waals surface area contributed by atoms with Gasteiger partial charge in [-0.2, -0.15) is 0 Å². The van der Waals surface area contributed by atoms with Crippen LogP contribution >= 0.6 is 0 Å². The molecule has 0 saturated heterocycles. The third-order valence-electron chi connectivity index (χ3n) is 4.41. The Hall–Kier alpha value is -1.02. The van der Waals surface area contributed by atoms with E-state index in [0.29, 0.717) is 0 Å². The molecule has 1 aromatic carbocycles. The van der Waals surface area contributed by atoms with Gasteiger partial charge in [0.2, 0.25) is 0 Å². The fraction of sp³-hybridized carbons (Fsp3) is 0.625. The minimum atomic E-state index is 0.737. The molecule has 2 rings (SSSR count). The predicted molar refractivity (Wildman–Crippen MR) is 78.5 cm³/mol. The highest BCUT2D eigenvalue weighted by Crippen LogP contribution is 2.28. The van der Waals surface area contributed by atoms with E-state index in [4.69, 9.17) is 5.73 Å². The second-order valence-corrected chi connectivity index (χ2v) is 5.94. The SMILES string of the molecule is Cc1ccc(CN(C)C2CCCCC2C)cc1N. The van der Waals surface area contributed by atoms with Gasteiger partial charge in [0.15, 0.2) is 0 Å². The summed E-state index contributed by atoms with van der Waals surface area (Å²) in [5.74, 6) is 0.826. The predicted octanol–water partition coefficient (Wildman–Crippen LogP) is 3.59. The smallest absolute Gasteiger partial charge is 0.0346 e. The second kappa shape index (κ2) is 5.75. The van der Waals surface area contributed by atoms with Crippen molar-refractivity contribution < 1.29 is 0 Å². The number of nitrogens with two attached hydrogens (primary N) is 1. The topological polar surface area (TPSA) is 29.3 Å². The molecule has 0 radical (unpaired) electrons. The zero-order valence-corrected chi connectivity index (χ0v) is 11.9. The quantitative estimate of drug-likeness (QED) is 0.826. The van der Waals surface area contributed by atoms with Crippen molar-refractivity contribution in [1.82, 2.24) is 4.90 Å². The van der Waals surface area contributed by atoms with Crippen molar-refractivity contribution in [1.29, 1.82) is 0 Å². The van der Waals surface area contributed by atoms with E-state index in [0.717, 1.165) is 24.2 Å². The van der Waals surface area contributed by atoms with E-state index in [1.54, 1.807) is 0 Å². The van der Waals surface area contributed by atoms with Crippen LogP contribution < -0.4 is 5.73 Å². The second-order valence-electron chi connectivity index (χ2n) is 5.94. The van der Waals surface area contributed by atoms with Gasteiger partial charge in [-0.1, -0.05) is 31.9 Å². The Morgan fingerprint density at radius 3 is 2.67 bits per heavy atom. The summed E-state index contributed by atoms with van der Waals surface area (Å²) in [6.45, 7) is 5.47. The number of nitrogen functional groups attached to an aromatic ring is 1. The summed E-state index contributed by atoms with van der Waals surface area (Å²) in [5.41, 5.74) is 9.40. The lowest BCUT2D eigenvalue weighted by atomic mass is 9.85. The molecule has 2 heteroatoms. The summed E-state index contributed by atoms with van der Waals surface area (Å²) in [4.78, 5) is 2.51. The third-order valence-corrected chi connectivity index (χ3v) is 4.41. The van der Waals surface area contributed by atoms with Gasteiger partial charge < -0.3 is 5.73 Å². The Labute approximate surface area is 111 Å². The first kappa shape index (κ1) is 13.4. The van der Waals surface area contributed by atoms with Crippen molar-refractivity contribution >= 4 is 5.69 Å². The van der Waals surface area contributed by atoms with Gasteiger partial charge in [0.05, 0.1) is 0 Å². The summed E-state index contributed by atoms with van der Waals surface area (Å²) in [5, 5.41) is 0. The van der Waals surface area contributed by atoms with Gasteiger partial charge in [-0.3, -0.25) is 4.90 Å². The van der Waals surface area contributed by atoms with E-state index in [9.17, 15) is 0 Å². The highest BCUT2D eigenvalue weighted by Gasteiger charge is 2.24. The van der Waals surface area contributed by atoms with Gasteiger partial charge in [-0.25, -0.2) is 0 Å². The Bertz CT molecular complexity index is 400. The molecule has 2 nitrogen and oxygen atoms in total. The lowest BCUT2D eigenvalue weighted by Crippen LogP contribution is -2.38. The molecule has 1 aliphatic rings. The van der Waals surface area contributed by atoms with Crippen molar-refractivity contribution in [3.05, 3.63) is 29.3 Å². The zero-order valence-electron chi connectivity index (χ0n) is 11.9. The van der Waals surface area contributed by atoms with E-state index < -0.39 is 0 Å². The molecular formula is C16H26N2. The number of rotatable bonds is 3. The van der Waals surface area contributed by atoms with Crippen molar-refractivity contribution in [3.8, 4) is 0 Å². The Balaban J connectivity index is 2.01. The molecule has 1 fully saturated rings. The molecule has 0 aliphatic heterocycles. The number of nitrogens with zero attached hydrogens (tertiary/aromatic N) is 1. The van der Waals surface area contributed by atoms with E-state index in [1.165, 1.54) is 36.8 Å². The van der Waals surface area contributed by atoms with Crippen LogP contribution in [0.1, 0.15) is 43.7 Å². The van der Waals surface area contributed by atoms with Crippen LogP contribution in [0.5, 0.6) is 0 Å². The summed E-state index contributed by atoms with van der Waals surface area (Å²) >= 11 is 0. The zero-order chi connectivity index (χ0) is 13.1. The van der Waals surface area contributed by atoms with Crippen LogP contribution in [-0.4, -0.2) is 18.0 Å². The van der Waals surface area contributed by atoms with Gasteiger partial charge in [0.1, 0.15) is 0 Å². The van der Waals surface area contributed by atoms with Crippen molar-refractivity contribution in [2.45, 2.75) is 52.1 Å². The van der Waals surface area contributed by atoms with Crippen molar-refractivity contribution in [2.75, 3.05) is 12.8 Å². The highest BCUT2D eigenvalue weighted by molar-refractivity contribution is 5.48. The maximum Gasteiger partial charge on any atom is 0.0346 e. The number of aryl methyl sites for hydroxylation is 1. The molecule has 2 N–H and O–H groups in total. The number of hydrogen-bond acceptors (Lipinski definition) is 2. The molecule has 18 heavy (non-hydrogen) atoms. The van der Waals surface area contributed by atoms with Crippen molar-refractivity contribution in [2.24, 2.45) is 5.92 Å². The Morgan fingerprint density at radius 1 is 1.28 bits per heavy atom. The summed E-state index contributed by atoms with van der Waals surface area (Å²) in [6.07, 6.45) is 5.52. The minimum Gasteiger partial charge on any atom is -0.399 e. The van der Waals surface area contributed by atoms with E-state index in [-0.39, 0.29) is 0 Å². The molecule has 0 bridgehead atoms. The third kappa shape index (κ3) is 3.05. The average Bonchev–Trinajstić information content (AvgIpc) is 2.34. The maximum absolute atomic E-state index is 5.98. The molecule has 0 amide bonds. The summed E-state index contributed by atoms with van der Waals surface area (Å²) in [6, 6.07) is 7.19. The van der Waals surface area contributed by atoms with Gasteiger partial charge in [-0.05, 0) is 49.9 Å². The van der Waals surface area contributed by atoms with Crippen LogP contribution in [0.15, 0.2) is 18.2 Å². The molecule has 0 spiro atoms. The van der Waals surface area contributed by atoms with E-state index >= 15 is 0 Å². The highest BCUT2D eigenvalue weighted by atomic mass is 15.1. The molecule has 1 aromatic rings. The maximum atomic E-state index is 5.98. The van der Waals surface area contributed by atoms with Crippen molar-refractivity contribution in [3.63, 3.8) is 0 Å². The minimum absolute atomic E-state index is 0.737. The first-order valence-electron chi connectivity index (χ1n) is 7.13. The van der Waals surface area contributed by atoms with Gasteiger partial charge in [0.25, 0.3) is 0 Å². The fourth-order valence-corrected chi connectivity index (χ4v) is 3.15. The molecule has 0 aromatic heterocycles. The van der Waals surface area contributed by atoms with Crippen LogP contribution in [0.4, 0.5) is 5.69 Å². The molecule has 1 saturated carbocycles. The lowest BCUT2D eigenvalue weighted by Gasteiger charge is -2.36. The summed E-state index contributed by atoms with van der Waals surface area (Å²) < 4.78 is 0. The van der Waals surface area contributed by atoms with Gasteiger partial charge in [-0.15, -0.1) is 0 Å². The first-order valence-corrected chi connectivity index (χ1v) is 7.13. The van der Waals surface area contributed by atoms with Gasteiger partial charge >= 0.3 is 0 Å². The van der Waals surface area contributed by atoms with E-state index in [2.05, 4.69) is 44.0 Å². The molecule has 2 unspecified atom stereocenters. The van der Waals surface area contributed by atoms with Crippen LogP contribution in [0.2, 0.25) is 0 Å². The fourth-order valence-electron chi connectivity index (χ4n) is 3.15. The number of benzene rings is 1. The average molecular weight is 246 g/mol. The number of hydrogen-bond donors (Lipinski definition) is 1. The standard InChI is InChI=1S/C16H26N2/c1-12-8-9-14(10-15(12)17)11-18(3)16-7-5-4-6-13(16)2/h8-10,13,16H,4-7,11,17H2,1-3H3. The van der Waals surface area contributed by atoms with Crippen LogP contribution in [0, 0.1) is 12.8 Å². The van der Waals surface area contributed by atoms with Gasteiger partial charge in [0, 0.05) is 18.3 Å². The largest absolute Gasteiger partial charge is 0.399 e. The lowest BCUT2D eigenvalue weighted by molar-refractivity contribution is 0.133. The Morgan fingerprint density at radius 2 is 2.00 bits per heavy atom. The molecule has 2 atom stereocenters. The normalized spacial score (nSPS) is 24.4. The molecule has 0 heterocycles. The molecule has 1 aliphatic carbocycles. The first-order chi connectivity index (χ1) is 8.58. The molecule has 100 valence electrons. The number of anilines is 1.